The normalized spacial score (nSPS) is 16.6. The molecule has 1 fully saturated rings. The van der Waals surface area contributed by atoms with Crippen molar-refractivity contribution in [1.29, 1.82) is 0 Å². The van der Waals surface area contributed by atoms with E-state index in [1.807, 2.05) is 16.8 Å². The van der Waals surface area contributed by atoms with Gasteiger partial charge in [0.25, 0.3) is 0 Å². The van der Waals surface area contributed by atoms with Crippen LogP contribution in [0.5, 0.6) is 5.75 Å². The first-order valence-corrected chi connectivity index (χ1v) is 12.5. The Bertz CT molecular complexity index is 1210. The maximum atomic E-state index is 15.6. The number of halogens is 2. The quantitative estimate of drug-likeness (QED) is 0.405. The van der Waals surface area contributed by atoms with E-state index in [4.69, 9.17) is 16.3 Å². The van der Waals surface area contributed by atoms with E-state index in [1.165, 1.54) is 6.20 Å². The highest BCUT2D eigenvalue weighted by atomic mass is 35.5. The number of hydrogen-bond donors (Lipinski definition) is 1. The Morgan fingerprint density at radius 3 is 2.85 bits per heavy atom. The number of methoxy groups -OCH3 is 1. The van der Waals surface area contributed by atoms with E-state index in [2.05, 4.69) is 21.7 Å². The summed E-state index contributed by atoms with van der Waals surface area (Å²) in [4.78, 5) is 18.7. The summed E-state index contributed by atoms with van der Waals surface area (Å²) >= 11 is 7.95. The summed E-state index contributed by atoms with van der Waals surface area (Å²) in [5.41, 5.74) is 1.00. The lowest BCUT2D eigenvalue weighted by molar-refractivity contribution is -0.152. The number of benzene rings is 1. The van der Waals surface area contributed by atoms with Gasteiger partial charge < -0.3 is 9.84 Å². The molecular formula is C26H26ClFN2O3S. The number of ether oxygens (including phenoxy) is 1. The monoisotopic (exact) mass is 500 g/mol. The molecule has 3 aromatic rings. The fourth-order valence-electron chi connectivity index (χ4n) is 4.46. The molecule has 0 radical (unpaired) electrons. The van der Waals surface area contributed by atoms with E-state index < -0.39 is 17.6 Å². The lowest BCUT2D eigenvalue weighted by Crippen LogP contribution is -2.44. The number of pyridine rings is 1. The third kappa shape index (κ3) is 5.35. The molecule has 5 nitrogen and oxygen atoms in total. The fourth-order valence-corrected chi connectivity index (χ4v) is 5.32. The summed E-state index contributed by atoms with van der Waals surface area (Å²) in [6.45, 7) is 1.84. The minimum atomic E-state index is -1.41. The van der Waals surface area contributed by atoms with E-state index in [-0.39, 0.29) is 17.9 Å². The first kappa shape index (κ1) is 24.5. The second-order valence-electron chi connectivity index (χ2n) is 8.58. The first-order chi connectivity index (χ1) is 16.4. The van der Waals surface area contributed by atoms with Crippen molar-refractivity contribution in [3.63, 3.8) is 0 Å². The Morgan fingerprint density at radius 2 is 2.18 bits per heavy atom. The number of aromatic nitrogens is 1. The number of thiophene rings is 1. The van der Waals surface area contributed by atoms with Crippen molar-refractivity contribution in [3.05, 3.63) is 57.4 Å². The van der Waals surface area contributed by atoms with Gasteiger partial charge in [0.15, 0.2) is 0 Å². The van der Waals surface area contributed by atoms with E-state index in [0.29, 0.717) is 54.7 Å². The van der Waals surface area contributed by atoms with Crippen LogP contribution in [0.4, 0.5) is 4.39 Å². The van der Waals surface area contributed by atoms with Gasteiger partial charge in [-0.2, -0.15) is 11.3 Å². The molecule has 2 aromatic heterocycles. The van der Waals surface area contributed by atoms with Crippen LogP contribution in [0, 0.1) is 17.3 Å². The minimum Gasteiger partial charge on any atom is -0.497 e. The molecule has 8 heteroatoms. The third-order valence-corrected chi connectivity index (χ3v) is 7.57. The number of rotatable bonds is 7. The number of carbonyl (C=O) groups is 1. The highest BCUT2D eigenvalue weighted by Gasteiger charge is 2.41. The van der Waals surface area contributed by atoms with Crippen molar-refractivity contribution in [2.75, 3.05) is 26.7 Å². The molecule has 1 N–H and O–H groups in total. The standard InChI is InChI=1S/C26H26ClFN2O3S/c1-33-19-4-5-23-20(15-19)24(21(27)16-29-23)22(28)6-8-26(25(31)32)9-12-30(13-10-26)11-2-3-18-7-14-34-17-18/h4-5,7,14-17,22H,6,8-13H2,1H3,(H,31,32)/t22-/m0/s1. The molecular weight excluding hydrogens is 475 g/mol. The van der Waals surface area contributed by atoms with Crippen molar-refractivity contribution in [1.82, 2.24) is 9.88 Å². The maximum absolute atomic E-state index is 15.6. The summed E-state index contributed by atoms with van der Waals surface area (Å²) in [6, 6.07) is 7.22. The minimum absolute atomic E-state index is 0.0697. The van der Waals surface area contributed by atoms with Crippen LogP contribution in [0.3, 0.4) is 0 Å². The van der Waals surface area contributed by atoms with E-state index in [0.717, 1.165) is 5.56 Å². The van der Waals surface area contributed by atoms with Crippen molar-refractivity contribution < 1.29 is 19.0 Å². The summed E-state index contributed by atoms with van der Waals surface area (Å²) in [6.07, 6.45) is 1.28. The van der Waals surface area contributed by atoms with Gasteiger partial charge in [0.05, 0.1) is 29.6 Å². The lowest BCUT2D eigenvalue weighted by atomic mass is 9.74. The Balaban J connectivity index is 1.43. The first-order valence-electron chi connectivity index (χ1n) is 11.1. The number of carboxylic acids is 1. The van der Waals surface area contributed by atoms with Crippen LogP contribution < -0.4 is 4.74 Å². The average Bonchev–Trinajstić information content (AvgIpc) is 3.36. The molecule has 0 aliphatic carbocycles. The second kappa shape index (κ2) is 10.7. The molecule has 178 valence electrons. The van der Waals surface area contributed by atoms with Gasteiger partial charge in [0.1, 0.15) is 11.9 Å². The number of alkyl halides is 1. The molecule has 1 aliphatic heterocycles. The number of nitrogens with zero attached hydrogens (tertiary/aromatic N) is 2. The van der Waals surface area contributed by atoms with Gasteiger partial charge in [0.2, 0.25) is 0 Å². The third-order valence-electron chi connectivity index (χ3n) is 6.58. The van der Waals surface area contributed by atoms with Crippen LogP contribution in [0.1, 0.15) is 43.0 Å². The van der Waals surface area contributed by atoms with Crippen LogP contribution in [0.2, 0.25) is 5.02 Å². The molecule has 0 amide bonds. The fraction of sp³-hybridized carbons (Fsp3) is 0.385. The molecule has 1 aliphatic rings. The predicted molar refractivity (Wildman–Crippen MR) is 133 cm³/mol. The predicted octanol–water partition coefficient (Wildman–Crippen LogP) is 5.97. The molecule has 1 aromatic carbocycles. The van der Waals surface area contributed by atoms with Gasteiger partial charge in [-0.15, -0.1) is 0 Å². The zero-order valence-electron chi connectivity index (χ0n) is 18.9. The Labute approximate surface area is 207 Å². The molecule has 1 atom stereocenters. The van der Waals surface area contributed by atoms with Gasteiger partial charge in [0, 0.05) is 41.2 Å². The molecule has 0 spiro atoms. The van der Waals surface area contributed by atoms with E-state index in [1.54, 1.807) is 36.6 Å². The van der Waals surface area contributed by atoms with Crippen molar-refractivity contribution in [3.8, 4) is 17.6 Å². The summed E-state index contributed by atoms with van der Waals surface area (Å²) in [5, 5.41) is 14.8. The SMILES string of the molecule is COc1ccc2ncc(Cl)c([C@@H](F)CCC3(C(=O)O)CCN(CC#Cc4ccsc4)CC3)c2c1. The Kier molecular flexibility index (Phi) is 7.72. The lowest BCUT2D eigenvalue weighted by Gasteiger charge is -2.38. The van der Waals surface area contributed by atoms with Crippen LogP contribution in [0.15, 0.2) is 41.2 Å². The smallest absolute Gasteiger partial charge is 0.309 e. The zero-order valence-corrected chi connectivity index (χ0v) is 20.5. The summed E-state index contributed by atoms with van der Waals surface area (Å²) in [5.74, 6) is 6.01. The number of piperidine rings is 1. The van der Waals surface area contributed by atoms with Crippen LogP contribution in [-0.2, 0) is 4.79 Å². The summed E-state index contributed by atoms with van der Waals surface area (Å²) < 4.78 is 20.8. The van der Waals surface area contributed by atoms with Gasteiger partial charge in [-0.3, -0.25) is 14.7 Å². The average molecular weight is 501 g/mol. The highest BCUT2D eigenvalue weighted by molar-refractivity contribution is 7.08. The topological polar surface area (TPSA) is 62.7 Å². The largest absolute Gasteiger partial charge is 0.497 e. The van der Waals surface area contributed by atoms with Gasteiger partial charge in [-0.05, 0) is 55.3 Å². The van der Waals surface area contributed by atoms with Gasteiger partial charge in [-0.1, -0.05) is 23.4 Å². The van der Waals surface area contributed by atoms with Gasteiger partial charge >= 0.3 is 5.97 Å². The number of fused-ring (bicyclic) bond motifs is 1. The molecule has 1 saturated heterocycles. The Hall–Kier alpha value is -2.66. The van der Waals surface area contributed by atoms with Crippen molar-refractivity contribution in [2.45, 2.75) is 31.9 Å². The molecule has 3 heterocycles. The molecule has 34 heavy (non-hydrogen) atoms. The van der Waals surface area contributed by atoms with E-state index in [9.17, 15) is 9.90 Å². The highest BCUT2D eigenvalue weighted by Crippen LogP contribution is 2.42. The zero-order chi connectivity index (χ0) is 24.1. The number of carboxylic acid groups (broad SMARTS) is 1. The molecule has 0 bridgehead atoms. The Morgan fingerprint density at radius 1 is 1.38 bits per heavy atom. The molecule has 4 rings (SSSR count). The van der Waals surface area contributed by atoms with Crippen LogP contribution in [-0.4, -0.2) is 47.7 Å². The van der Waals surface area contributed by atoms with Crippen LogP contribution in [0.25, 0.3) is 10.9 Å². The number of likely N-dealkylation sites (tertiary alicyclic amines) is 1. The second-order valence-corrected chi connectivity index (χ2v) is 9.77. The number of aliphatic carboxylic acids is 1. The van der Waals surface area contributed by atoms with E-state index >= 15 is 4.39 Å². The molecule has 0 saturated carbocycles. The van der Waals surface area contributed by atoms with Crippen molar-refractivity contribution >= 4 is 39.8 Å². The van der Waals surface area contributed by atoms with Gasteiger partial charge in [-0.25, -0.2) is 4.39 Å². The van der Waals surface area contributed by atoms with Crippen molar-refractivity contribution in [2.24, 2.45) is 5.41 Å². The summed E-state index contributed by atoms with van der Waals surface area (Å²) in [7, 11) is 1.54. The maximum Gasteiger partial charge on any atom is 0.309 e. The number of hydrogen-bond acceptors (Lipinski definition) is 5. The molecule has 0 unspecified atom stereocenters. The van der Waals surface area contributed by atoms with Crippen LogP contribution >= 0.6 is 22.9 Å².